The van der Waals surface area contributed by atoms with Crippen molar-refractivity contribution in [3.8, 4) is 5.75 Å². The molecule has 0 unspecified atom stereocenters. The highest BCUT2D eigenvalue weighted by Gasteiger charge is 2.25. The molecule has 0 saturated heterocycles. The summed E-state index contributed by atoms with van der Waals surface area (Å²) in [5, 5.41) is 1.22. The van der Waals surface area contributed by atoms with Crippen LogP contribution in [0, 0.1) is 6.92 Å². The highest BCUT2D eigenvalue weighted by atomic mass is 16.5. The lowest BCUT2D eigenvalue weighted by Crippen LogP contribution is -2.28. The molecule has 0 aliphatic carbocycles. The van der Waals surface area contributed by atoms with Crippen molar-refractivity contribution in [2.45, 2.75) is 33.1 Å². The Hall–Kier alpha value is -1.48. The molecule has 0 atom stereocenters. The number of hydrogen-bond acceptors (Lipinski definition) is 2. The lowest BCUT2D eigenvalue weighted by molar-refractivity contribution is 0.340. The molecule has 1 heterocycles. The van der Waals surface area contributed by atoms with Crippen molar-refractivity contribution in [3.63, 3.8) is 0 Å². The van der Waals surface area contributed by atoms with Crippen molar-refractivity contribution in [2.75, 3.05) is 13.2 Å². The molecule has 2 aromatic rings. The first-order chi connectivity index (χ1) is 8.49. The molecule has 3 N–H and O–H groups in total. The number of H-pyrrole nitrogens is 1. The van der Waals surface area contributed by atoms with E-state index in [9.17, 15) is 0 Å². The number of nitrogens with one attached hydrogen (secondary N) is 1. The summed E-state index contributed by atoms with van der Waals surface area (Å²) in [6.07, 6.45) is 0. The average Bonchev–Trinajstić information content (AvgIpc) is 2.65. The van der Waals surface area contributed by atoms with Crippen LogP contribution in [0.1, 0.15) is 32.0 Å². The van der Waals surface area contributed by atoms with E-state index in [1.165, 1.54) is 16.6 Å². The van der Waals surface area contributed by atoms with E-state index < -0.39 is 0 Å². The summed E-state index contributed by atoms with van der Waals surface area (Å²) in [4.78, 5) is 3.43. The second kappa shape index (κ2) is 4.65. The van der Waals surface area contributed by atoms with E-state index in [1.54, 1.807) is 0 Å². The number of aromatic nitrogens is 1. The van der Waals surface area contributed by atoms with Gasteiger partial charge < -0.3 is 15.5 Å². The molecular formula is C15H22N2O. The molecule has 1 aromatic carbocycles. The molecule has 18 heavy (non-hydrogen) atoms. The number of benzene rings is 1. The molecule has 3 nitrogen and oxygen atoms in total. The van der Waals surface area contributed by atoms with Gasteiger partial charge in [0.2, 0.25) is 0 Å². The van der Waals surface area contributed by atoms with Crippen molar-refractivity contribution in [2.24, 2.45) is 5.73 Å². The van der Waals surface area contributed by atoms with Gasteiger partial charge in [-0.1, -0.05) is 13.8 Å². The number of nitrogens with two attached hydrogens (primary N) is 1. The number of fused-ring (bicyclic) bond motifs is 1. The fourth-order valence-corrected chi connectivity index (χ4v) is 2.54. The first kappa shape index (κ1) is 13.0. The predicted molar refractivity (Wildman–Crippen MR) is 76.3 cm³/mol. The molecule has 0 spiro atoms. The van der Waals surface area contributed by atoms with Crippen LogP contribution in [0.5, 0.6) is 5.75 Å². The molecule has 0 radical (unpaired) electrons. The fourth-order valence-electron chi connectivity index (χ4n) is 2.54. The molecule has 0 aliphatic rings. The van der Waals surface area contributed by atoms with Gasteiger partial charge in [0, 0.05) is 28.6 Å². The summed E-state index contributed by atoms with van der Waals surface area (Å²) in [7, 11) is 0. The lowest BCUT2D eigenvalue weighted by Gasteiger charge is -2.23. The van der Waals surface area contributed by atoms with Crippen molar-refractivity contribution >= 4 is 10.9 Å². The second-order valence-corrected chi connectivity index (χ2v) is 5.35. The Balaban J connectivity index is 2.64. The summed E-state index contributed by atoms with van der Waals surface area (Å²) in [6, 6.07) is 6.18. The molecule has 0 amide bonds. The van der Waals surface area contributed by atoms with Crippen LogP contribution in [-0.4, -0.2) is 18.1 Å². The quantitative estimate of drug-likeness (QED) is 0.871. The number of aromatic amines is 1. The Labute approximate surface area is 108 Å². The van der Waals surface area contributed by atoms with E-state index in [0.717, 1.165) is 11.3 Å². The Morgan fingerprint density at radius 1 is 1.33 bits per heavy atom. The van der Waals surface area contributed by atoms with E-state index in [4.69, 9.17) is 10.5 Å². The van der Waals surface area contributed by atoms with Gasteiger partial charge in [-0.05, 0) is 37.6 Å². The standard InChI is InChI=1S/C15H22N2O/c1-5-18-11-6-7-13-12(8-11)14(10(2)17-13)15(3,4)9-16/h6-8,17H,5,9,16H2,1-4H3. The average molecular weight is 246 g/mol. The molecular weight excluding hydrogens is 224 g/mol. The highest BCUT2D eigenvalue weighted by molar-refractivity contribution is 5.87. The topological polar surface area (TPSA) is 51.0 Å². The van der Waals surface area contributed by atoms with E-state index >= 15 is 0 Å². The molecule has 0 bridgehead atoms. The first-order valence-electron chi connectivity index (χ1n) is 6.45. The van der Waals surface area contributed by atoms with Gasteiger partial charge in [0.15, 0.2) is 0 Å². The van der Waals surface area contributed by atoms with Crippen molar-refractivity contribution in [1.29, 1.82) is 0 Å². The number of ether oxygens (including phenoxy) is 1. The van der Waals surface area contributed by atoms with Crippen LogP contribution in [0.4, 0.5) is 0 Å². The van der Waals surface area contributed by atoms with E-state index in [0.29, 0.717) is 13.2 Å². The van der Waals surface area contributed by atoms with Gasteiger partial charge in [-0.3, -0.25) is 0 Å². The van der Waals surface area contributed by atoms with E-state index in [2.05, 4.69) is 37.9 Å². The Kier molecular flexibility index (Phi) is 3.35. The zero-order valence-corrected chi connectivity index (χ0v) is 11.6. The zero-order chi connectivity index (χ0) is 13.3. The molecule has 1 aromatic heterocycles. The molecule has 2 rings (SSSR count). The highest BCUT2D eigenvalue weighted by Crippen LogP contribution is 2.34. The zero-order valence-electron chi connectivity index (χ0n) is 11.6. The smallest absolute Gasteiger partial charge is 0.120 e. The van der Waals surface area contributed by atoms with Crippen LogP contribution in [0.15, 0.2) is 18.2 Å². The molecule has 0 fully saturated rings. The minimum atomic E-state index is -0.0346. The van der Waals surface area contributed by atoms with Gasteiger partial charge in [0.1, 0.15) is 5.75 Å². The predicted octanol–water partition coefficient (Wildman–Crippen LogP) is 3.11. The first-order valence-corrected chi connectivity index (χ1v) is 6.45. The van der Waals surface area contributed by atoms with Gasteiger partial charge in [-0.25, -0.2) is 0 Å². The third-order valence-corrected chi connectivity index (χ3v) is 3.46. The van der Waals surface area contributed by atoms with Gasteiger partial charge in [-0.15, -0.1) is 0 Å². The van der Waals surface area contributed by atoms with Crippen LogP contribution >= 0.6 is 0 Å². The van der Waals surface area contributed by atoms with Gasteiger partial charge in [-0.2, -0.15) is 0 Å². The van der Waals surface area contributed by atoms with Crippen LogP contribution in [0.2, 0.25) is 0 Å². The molecule has 98 valence electrons. The van der Waals surface area contributed by atoms with Gasteiger partial charge in [0.05, 0.1) is 6.61 Å². The summed E-state index contributed by atoms with van der Waals surface area (Å²) < 4.78 is 5.58. The third kappa shape index (κ3) is 2.10. The lowest BCUT2D eigenvalue weighted by atomic mass is 9.83. The largest absolute Gasteiger partial charge is 0.494 e. The summed E-state index contributed by atoms with van der Waals surface area (Å²) in [5.74, 6) is 0.915. The summed E-state index contributed by atoms with van der Waals surface area (Å²) >= 11 is 0. The van der Waals surface area contributed by atoms with E-state index in [-0.39, 0.29) is 5.41 Å². The molecule has 0 saturated carbocycles. The Morgan fingerprint density at radius 3 is 2.67 bits per heavy atom. The van der Waals surface area contributed by atoms with Crippen LogP contribution in [0.3, 0.4) is 0 Å². The monoisotopic (exact) mass is 246 g/mol. The number of rotatable bonds is 4. The van der Waals surface area contributed by atoms with Gasteiger partial charge >= 0.3 is 0 Å². The minimum Gasteiger partial charge on any atom is -0.494 e. The number of aryl methyl sites for hydroxylation is 1. The van der Waals surface area contributed by atoms with Gasteiger partial charge in [0.25, 0.3) is 0 Å². The molecule has 0 aliphatic heterocycles. The SMILES string of the molecule is CCOc1ccc2[nH]c(C)c(C(C)(C)CN)c2c1. The Morgan fingerprint density at radius 2 is 2.06 bits per heavy atom. The van der Waals surface area contributed by atoms with Crippen molar-refractivity contribution in [1.82, 2.24) is 4.98 Å². The van der Waals surface area contributed by atoms with E-state index in [1.807, 2.05) is 13.0 Å². The van der Waals surface area contributed by atoms with Crippen molar-refractivity contribution < 1.29 is 4.74 Å². The maximum Gasteiger partial charge on any atom is 0.120 e. The summed E-state index contributed by atoms with van der Waals surface area (Å²) in [6.45, 7) is 9.76. The van der Waals surface area contributed by atoms with Crippen LogP contribution < -0.4 is 10.5 Å². The normalized spacial score (nSPS) is 12.1. The fraction of sp³-hybridized carbons (Fsp3) is 0.467. The summed E-state index contributed by atoms with van der Waals surface area (Å²) in [5.41, 5.74) is 9.50. The van der Waals surface area contributed by atoms with Crippen LogP contribution in [0.25, 0.3) is 10.9 Å². The minimum absolute atomic E-state index is 0.0346. The van der Waals surface area contributed by atoms with Crippen molar-refractivity contribution in [3.05, 3.63) is 29.5 Å². The Bertz CT molecular complexity index is 555. The second-order valence-electron chi connectivity index (χ2n) is 5.35. The number of hydrogen-bond donors (Lipinski definition) is 2. The maximum atomic E-state index is 5.91. The van der Waals surface area contributed by atoms with Crippen LogP contribution in [-0.2, 0) is 5.41 Å². The maximum absolute atomic E-state index is 5.91. The third-order valence-electron chi connectivity index (χ3n) is 3.46. The molecule has 3 heteroatoms.